The summed E-state index contributed by atoms with van der Waals surface area (Å²) in [6, 6.07) is 14.1. The fourth-order valence-corrected chi connectivity index (χ4v) is 5.09. The standard InChI is InChI=1S/C28H32N4O4S/c1-8-36-23-11-9-22(10-12-23)31-18(2)13-21(19(31)3)16-30-32-24(17-37-28(32)29-4)20-14-25(33-5)27(35-7)26(15-20)34-6/h9-17H,8H2,1-7H3. The van der Waals surface area contributed by atoms with Crippen molar-refractivity contribution in [2.75, 3.05) is 35.0 Å². The molecule has 0 aliphatic rings. The topological polar surface area (TPSA) is 71.5 Å². The SMILES string of the molecule is CCOc1ccc(-n2c(C)cc(C=Nn3c(-c4cc(OC)c(OC)c(OC)c4)csc3=NC)c2C)cc1. The molecule has 194 valence electrons. The number of methoxy groups -OCH3 is 3. The van der Waals surface area contributed by atoms with Crippen LogP contribution in [0.4, 0.5) is 0 Å². The van der Waals surface area contributed by atoms with E-state index in [4.69, 9.17) is 24.0 Å². The monoisotopic (exact) mass is 520 g/mol. The molecule has 0 radical (unpaired) electrons. The van der Waals surface area contributed by atoms with E-state index in [1.54, 1.807) is 28.4 Å². The summed E-state index contributed by atoms with van der Waals surface area (Å²) in [7, 11) is 6.56. The number of hydrogen-bond donors (Lipinski definition) is 0. The summed E-state index contributed by atoms with van der Waals surface area (Å²) in [6.07, 6.45) is 1.87. The third kappa shape index (κ3) is 5.13. The second-order valence-corrected chi connectivity index (χ2v) is 9.02. The first-order chi connectivity index (χ1) is 17.9. The minimum Gasteiger partial charge on any atom is -0.494 e. The number of aromatic nitrogens is 2. The highest BCUT2D eigenvalue weighted by Gasteiger charge is 2.17. The number of nitrogens with zero attached hydrogens (tertiary/aromatic N) is 4. The van der Waals surface area contributed by atoms with Crippen molar-refractivity contribution in [1.82, 2.24) is 9.24 Å². The van der Waals surface area contributed by atoms with Crippen LogP contribution in [-0.4, -0.2) is 50.4 Å². The molecular weight excluding hydrogens is 488 g/mol. The third-order valence-electron chi connectivity index (χ3n) is 6.03. The molecule has 0 unspecified atom stereocenters. The molecule has 0 aliphatic heterocycles. The van der Waals surface area contributed by atoms with Crippen molar-refractivity contribution in [2.24, 2.45) is 10.1 Å². The Morgan fingerprint density at radius 2 is 1.62 bits per heavy atom. The number of hydrogen-bond acceptors (Lipinski definition) is 7. The zero-order valence-electron chi connectivity index (χ0n) is 22.2. The van der Waals surface area contributed by atoms with Crippen molar-refractivity contribution >= 4 is 17.6 Å². The zero-order chi connectivity index (χ0) is 26.5. The van der Waals surface area contributed by atoms with Crippen LogP contribution in [0.1, 0.15) is 23.9 Å². The second-order valence-electron chi connectivity index (χ2n) is 8.19. The van der Waals surface area contributed by atoms with Crippen molar-refractivity contribution in [3.63, 3.8) is 0 Å². The zero-order valence-corrected chi connectivity index (χ0v) is 23.0. The molecule has 0 N–H and O–H groups in total. The second kappa shape index (κ2) is 11.4. The molecule has 0 bridgehead atoms. The Hall–Kier alpha value is -3.98. The Labute approximate surface area is 221 Å². The van der Waals surface area contributed by atoms with Crippen molar-refractivity contribution in [3.05, 3.63) is 69.6 Å². The van der Waals surface area contributed by atoms with Crippen LogP contribution in [0.3, 0.4) is 0 Å². The number of rotatable bonds is 9. The van der Waals surface area contributed by atoms with Crippen LogP contribution < -0.4 is 23.7 Å². The van der Waals surface area contributed by atoms with Gasteiger partial charge in [-0.1, -0.05) is 0 Å². The predicted octanol–water partition coefficient (Wildman–Crippen LogP) is 5.46. The lowest BCUT2D eigenvalue weighted by atomic mass is 10.1. The molecule has 0 saturated heterocycles. The Morgan fingerprint density at radius 3 is 2.19 bits per heavy atom. The van der Waals surface area contributed by atoms with E-state index in [0.717, 1.165) is 44.4 Å². The average Bonchev–Trinajstić information content (AvgIpc) is 3.46. The van der Waals surface area contributed by atoms with Gasteiger partial charge in [-0.2, -0.15) is 5.10 Å². The van der Waals surface area contributed by atoms with Crippen molar-refractivity contribution in [2.45, 2.75) is 20.8 Å². The summed E-state index contributed by atoms with van der Waals surface area (Å²) < 4.78 is 26.2. The Bertz CT molecular complexity index is 1450. The lowest BCUT2D eigenvalue weighted by Gasteiger charge is -2.14. The van der Waals surface area contributed by atoms with Gasteiger partial charge in [0.2, 0.25) is 10.6 Å². The first-order valence-corrected chi connectivity index (χ1v) is 12.7. The van der Waals surface area contributed by atoms with Gasteiger partial charge in [0.25, 0.3) is 0 Å². The van der Waals surface area contributed by atoms with Gasteiger partial charge in [0.15, 0.2) is 11.5 Å². The van der Waals surface area contributed by atoms with E-state index < -0.39 is 0 Å². The fraction of sp³-hybridized carbons (Fsp3) is 0.286. The van der Waals surface area contributed by atoms with Crippen LogP contribution in [0.5, 0.6) is 23.0 Å². The van der Waals surface area contributed by atoms with Gasteiger partial charge in [-0.3, -0.25) is 4.99 Å². The molecule has 37 heavy (non-hydrogen) atoms. The lowest BCUT2D eigenvalue weighted by Crippen LogP contribution is -2.11. The maximum atomic E-state index is 5.59. The summed E-state index contributed by atoms with van der Waals surface area (Å²) in [5.74, 6) is 2.56. The number of thiazole rings is 1. The lowest BCUT2D eigenvalue weighted by molar-refractivity contribution is 0.324. The van der Waals surface area contributed by atoms with Gasteiger partial charge in [-0.25, -0.2) is 4.68 Å². The number of aryl methyl sites for hydroxylation is 1. The van der Waals surface area contributed by atoms with E-state index in [1.165, 1.54) is 11.3 Å². The quantitative estimate of drug-likeness (QED) is 0.275. The fourth-order valence-electron chi connectivity index (χ4n) is 4.28. The molecule has 0 atom stereocenters. The first-order valence-electron chi connectivity index (χ1n) is 11.9. The summed E-state index contributed by atoms with van der Waals surface area (Å²) in [6.45, 7) is 6.81. The molecule has 2 aromatic carbocycles. The van der Waals surface area contributed by atoms with E-state index in [1.807, 2.05) is 47.5 Å². The highest BCUT2D eigenvalue weighted by Crippen LogP contribution is 2.41. The van der Waals surface area contributed by atoms with E-state index in [9.17, 15) is 0 Å². The molecule has 8 nitrogen and oxygen atoms in total. The third-order valence-corrected chi connectivity index (χ3v) is 6.93. The van der Waals surface area contributed by atoms with E-state index in [-0.39, 0.29) is 0 Å². The van der Waals surface area contributed by atoms with Gasteiger partial charge in [0, 0.05) is 40.6 Å². The number of benzene rings is 2. The number of ether oxygens (including phenoxy) is 4. The van der Waals surface area contributed by atoms with Crippen LogP contribution in [0, 0.1) is 13.8 Å². The normalized spacial score (nSPS) is 11.8. The van der Waals surface area contributed by atoms with E-state index in [2.05, 4.69) is 41.6 Å². The van der Waals surface area contributed by atoms with Gasteiger partial charge >= 0.3 is 0 Å². The average molecular weight is 521 g/mol. The van der Waals surface area contributed by atoms with Crippen LogP contribution in [-0.2, 0) is 0 Å². The molecule has 0 amide bonds. The Morgan fingerprint density at radius 1 is 0.946 bits per heavy atom. The van der Waals surface area contributed by atoms with Crippen molar-refractivity contribution in [3.8, 4) is 39.9 Å². The van der Waals surface area contributed by atoms with Gasteiger partial charge in [0.1, 0.15) is 5.75 Å². The molecule has 0 saturated carbocycles. The molecule has 9 heteroatoms. The molecular formula is C28H32N4O4S. The smallest absolute Gasteiger partial charge is 0.205 e. The van der Waals surface area contributed by atoms with Gasteiger partial charge in [-0.05, 0) is 63.2 Å². The summed E-state index contributed by atoms with van der Waals surface area (Å²) >= 11 is 1.51. The van der Waals surface area contributed by atoms with Crippen LogP contribution in [0.15, 0.2) is 57.9 Å². The largest absolute Gasteiger partial charge is 0.494 e. The molecule has 2 heterocycles. The van der Waals surface area contributed by atoms with Gasteiger partial charge in [-0.15, -0.1) is 11.3 Å². The summed E-state index contributed by atoms with van der Waals surface area (Å²) in [4.78, 5) is 5.19. The molecule has 0 aliphatic carbocycles. The van der Waals surface area contributed by atoms with Crippen molar-refractivity contribution < 1.29 is 18.9 Å². The highest BCUT2D eigenvalue weighted by atomic mass is 32.1. The summed E-state index contributed by atoms with van der Waals surface area (Å²) in [5, 5.41) is 6.86. The first kappa shape index (κ1) is 26.1. The van der Waals surface area contributed by atoms with E-state index >= 15 is 0 Å². The molecule has 4 rings (SSSR count). The van der Waals surface area contributed by atoms with Crippen LogP contribution in [0.2, 0.25) is 0 Å². The molecule has 0 fully saturated rings. The highest BCUT2D eigenvalue weighted by molar-refractivity contribution is 7.07. The maximum Gasteiger partial charge on any atom is 0.205 e. The van der Waals surface area contributed by atoms with Gasteiger partial charge < -0.3 is 23.5 Å². The van der Waals surface area contributed by atoms with Crippen LogP contribution >= 0.6 is 11.3 Å². The molecule has 4 aromatic rings. The minimum absolute atomic E-state index is 0.543. The minimum atomic E-state index is 0.543. The molecule has 0 spiro atoms. The maximum absolute atomic E-state index is 5.59. The Kier molecular flexibility index (Phi) is 8.03. The van der Waals surface area contributed by atoms with E-state index in [0.29, 0.717) is 23.9 Å². The predicted molar refractivity (Wildman–Crippen MR) is 148 cm³/mol. The van der Waals surface area contributed by atoms with Crippen LogP contribution in [0.25, 0.3) is 16.9 Å². The van der Waals surface area contributed by atoms with Crippen molar-refractivity contribution in [1.29, 1.82) is 0 Å². The van der Waals surface area contributed by atoms with Gasteiger partial charge in [0.05, 0.1) is 39.8 Å². The Balaban J connectivity index is 1.75. The summed E-state index contributed by atoms with van der Waals surface area (Å²) in [5.41, 5.74) is 6.03. The molecule has 2 aromatic heterocycles.